The van der Waals surface area contributed by atoms with E-state index >= 15 is 0 Å². The minimum Gasteiger partial charge on any atom is -0.100 e. The lowest BCUT2D eigenvalue weighted by molar-refractivity contribution is 0.324. The molecular formula is C24H31Cl. The standard InChI is InChI=1S/C22H25Cl.C2H6/c1-15(2)13-20-19-8-6-5-7-17(19)11-12-22(20,4)18-10-9-16(3)21(23)14-18;1-2/h5-10,14,20H,1,11-13H2,2-4H3;1-2H3. The summed E-state index contributed by atoms with van der Waals surface area (Å²) in [4.78, 5) is 0. The fourth-order valence-electron chi connectivity index (χ4n) is 3.99. The van der Waals surface area contributed by atoms with Gasteiger partial charge in [0.2, 0.25) is 0 Å². The molecule has 0 spiro atoms. The highest BCUT2D eigenvalue weighted by Crippen LogP contribution is 2.50. The van der Waals surface area contributed by atoms with Gasteiger partial charge in [0.25, 0.3) is 0 Å². The molecule has 25 heavy (non-hydrogen) atoms. The van der Waals surface area contributed by atoms with E-state index < -0.39 is 0 Å². The first kappa shape index (κ1) is 19.8. The first-order chi connectivity index (χ1) is 11.9. The van der Waals surface area contributed by atoms with Crippen molar-refractivity contribution in [3.8, 4) is 0 Å². The highest BCUT2D eigenvalue weighted by molar-refractivity contribution is 6.31. The third-order valence-corrected chi connectivity index (χ3v) is 5.90. The molecule has 0 heterocycles. The third-order valence-electron chi connectivity index (χ3n) is 5.50. The lowest BCUT2D eigenvalue weighted by atomic mass is 9.60. The Morgan fingerprint density at radius 1 is 1.20 bits per heavy atom. The number of hydrogen-bond acceptors (Lipinski definition) is 0. The molecule has 0 saturated carbocycles. The second-order valence-electron chi connectivity index (χ2n) is 7.29. The zero-order valence-electron chi connectivity index (χ0n) is 16.3. The van der Waals surface area contributed by atoms with E-state index in [9.17, 15) is 0 Å². The Balaban J connectivity index is 0.00000109. The number of allylic oxidation sites excluding steroid dienone is 1. The molecule has 2 aromatic carbocycles. The number of aryl methyl sites for hydroxylation is 2. The van der Waals surface area contributed by atoms with Crippen LogP contribution in [0.15, 0.2) is 54.6 Å². The lowest BCUT2D eigenvalue weighted by Gasteiger charge is -2.44. The predicted molar refractivity (Wildman–Crippen MR) is 112 cm³/mol. The topological polar surface area (TPSA) is 0 Å². The Bertz CT molecular complexity index is 744. The van der Waals surface area contributed by atoms with Crippen LogP contribution in [0, 0.1) is 6.92 Å². The summed E-state index contributed by atoms with van der Waals surface area (Å²) in [5.41, 5.74) is 6.83. The molecule has 134 valence electrons. The Labute approximate surface area is 158 Å². The second kappa shape index (κ2) is 8.23. The number of fused-ring (bicyclic) bond motifs is 1. The van der Waals surface area contributed by atoms with Crippen LogP contribution in [0.3, 0.4) is 0 Å². The van der Waals surface area contributed by atoms with Gasteiger partial charge >= 0.3 is 0 Å². The molecule has 2 aromatic rings. The summed E-state index contributed by atoms with van der Waals surface area (Å²) in [6, 6.07) is 15.5. The van der Waals surface area contributed by atoms with Gasteiger partial charge in [0, 0.05) is 10.4 Å². The van der Waals surface area contributed by atoms with E-state index in [-0.39, 0.29) is 5.41 Å². The second-order valence-corrected chi connectivity index (χ2v) is 7.70. The molecule has 3 rings (SSSR count). The van der Waals surface area contributed by atoms with E-state index in [1.807, 2.05) is 13.8 Å². The van der Waals surface area contributed by atoms with Crippen LogP contribution in [0.1, 0.15) is 68.7 Å². The summed E-state index contributed by atoms with van der Waals surface area (Å²) in [5, 5.41) is 0.872. The van der Waals surface area contributed by atoms with Gasteiger partial charge in [0.05, 0.1) is 0 Å². The van der Waals surface area contributed by atoms with Crippen molar-refractivity contribution >= 4 is 11.6 Å². The fraction of sp³-hybridized carbons (Fsp3) is 0.417. The van der Waals surface area contributed by atoms with Crippen molar-refractivity contribution < 1.29 is 0 Å². The minimum absolute atomic E-state index is 0.102. The summed E-state index contributed by atoms with van der Waals surface area (Å²) >= 11 is 6.43. The average Bonchev–Trinajstić information content (AvgIpc) is 2.61. The minimum atomic E-state index is 0.102. The molecule has 0 nitrogen and oxygen atoms in total. The summed E-state index contributed by atoms with van der Waals surface area (Å²) in [6.07, 6.45) is 3.31. The molecule has 1 aliphatic carbocycles. The van der Waals surface area contributed by atoms with Crippen molar-refractivity contribution in [2.75, 3.05) is 0 Å². The quantitative estimate of drug-likeness (QED) is 0.497. The van der Waals surface area contributed by atoms with E-state index in [2.05, 4.69) is 69.8 Å². The maximum atomic E-state index is 6.43. The molecule has 0 saturated heterocycles. The van der Waals surface area contributed by atoms with Gasteiger partial charge in [-0.25, -0.2) is 0 Å². The largest absolute Gasteiger partial charge is 0.100 e. The molecule has 1 heteroatoms. The summed E-state index contributed by atoms with van der Waals surface area (Å²) in [7, 11) is 0. The van der Waals surface area contributed by atoms with Gasteiger partial charge in [-0.3, -0.25) is 0 Å². The molecule has 2 unspecified atom stereocenters. The Morgan fingerprint density at radius 2 is 1.88 bits per heavy atom. The van der Waals surface area contributed by atoms with Crippen LogP contribution in [0.25, 0.3) is 0 Å². The van der Waals surface area contributed by atoms with Crippen molar-refractivity contribution in [1.82, 2.24) is 0 Å². The smallest absolute Gasteiger partial charge is 0.0438 e. The van der Waals surface area contributed by atoms with E-state index in [1.165, 1.54) is 22.3 Å². The first-order valence-electron chi connectivity index (χ1n) is 9.40. The number of benzene rings is 2. The summed E-state index contributed by atoms with van der Waals surface area (Å²) < 4.78 is 0. The van der Waals surface area contributed by atoms with Crippen molar-refractivity contribution in [3.05, 3.63) is 81.9 Å². The van der Waals surface area contributed by atoms with E-state index in [0.717, 1.165) is 29.8 Å². The zero-order chi connectivity index (χ0) is 18.6. The predicted octanol–water partition coefficient (Wildman–Crippen LogP) is 7.63. The first-order valence-corrected chi connectivity index (χ1v) is 9.78. The van der Waals surface area contributed by atoms with Crippen LogP contribution in [0.2, 0.25) is 5.02 Å². The van der Waals surface area contributed by atoms with Gasteiger partial charge in [-0.1, -0.05) is 74.3 Å². The molecular weight excluding hydrogens is 324 g/mol. The molecule has 0 aliphatic heterocycles. The zero-order valence-corrected chi connectivity index (χ0v) is 17.1. The molecule has 0 bridgehead atoms. The molecule has 0 fully saturated rings. The Hall–Kier alpha value is -1.53. The SMILES string of the molecule is C=C(C)CC1c2ccccc2CCC1(C)c1ccc(C)c(Cl)c1.CC. The lowest BCUT2D eigenvalue weighted by Crippen LogP contribution is -2.35. The van der Waals surface area contributed by atoms with Crippen LogP contribution in [-0.4, -0.2) is 0 Å². The Morgan fingerprint density at radius 3 is 2.52 bits per heavy atom. The van der Waals surface area contributed by atoms with Gasteiger partial charge in [-0.15, -0.1) is 6.58 Å². The summed E-state index contributed by atoms with van der Waals surface area (Å²) in [5.74, 6) is 0.462. The van der Waals surface area contributed by atoms with Crippen LogP contribution in [-0.2, 0) is 11.8 Å². The third kappa shape index (κ3) is 4.01. The van der Waals surface area contributed by atoms with E-state index in [4.69, 9.17) is 11.6 Å². The average molecular weight is 355 g/mol. The van der Waals surface area contributed by atoms with Gasteiger partial charge in [-0.05, 0) is 67.3 Å². The van der Waals surface area contributed by atoms with Gasteiger partial charge in [0.15, 0.2) is 0 Å². The van der Waals surface area contributed by atoms with Gasteiger partial charge in [0.1, 0.15) is 0 Å². The molecule has 0 amide bonds. The number of hydrogen-bond donors (Lipinski definition) is 0. The maximum Gasteiger partial charge on any atom is 0.0438 e. The van der Waals surface area contributed by atoms with Crippen LogP contribution >= 0.6 is 11.6 Å². The normalized spacial score (nSPS) is 21.8. The highest BCUT2D eigenvalue weighted by Gasteiger charge is 2.40. The van der Waals surface area contributed by atoms with Crippen LogP contribution in [0.5, 0.6) is 0 Å². The van der Waals surface area contributed by atoms with E-state index in [1.54, 1.807) is 0 Å². The molecule has 0 N–H and O–H groups in total. The highest BCUT2D eigenvalue weighted by atomic mass is 35.5. The van der Waals surface area contributed by atoms with Gasteiger partial charge < -0.3 is 0 Å². The fourth-order valence-corrected chi connectivity index (χ4v) is 4.17. The Kier molecular flexibility index (Phi) is 6.52. The molecule has 2 atom stereocenters. The number of rotatable bonds is 3. The van der Waals surface area contributed by atoms with E-state index in [0.29, 0.717) is 5.92 Å². The monoisotopic (exact) mass is 354 g/mol. The van der Waals surface area contributed by atoms with Crippen molar-refractivity contribution in [2.24, 2.45) is 0 Å². The molecule has 0 radical (unpaired) electrons. The van der Waals surface area contributed by atoms with Crippen LogP contribution < -0.4 is 0 Å². The number of halogens is 1. The van der Waals surface area contributed by atoms with Crippen molar-refractivity contribution in [3.63, 3.8) is 0 Å². The van der Waals surface area contributed by atoms with Crippen LogP contribution in [0.4, 0.5) is 0 Å². The summed E-state index contributed by atoms with van der Waals surface area (Å²) in [6.45, 7) is 14.8. The molecule has 0 aromatic heterocycles. The van der Waals surface area contributed by atoms with Crippen molar-refractivity contribution in [2.45, 2.75) is 65.2 Å². The molecule has 1 aliphatic rings. The van der Waals surface area contributed by atoms with Crippen molar-refractivity contribution in [1.29, 1.82) is 0 Å². The van der Waals surface area contributed by atoms with Gasteiger partial charge in [-0.2, -0.15) is 0 Å². The maximum absolute atomic E-state index is 6.43.